The predicted molar refractivity (Wildman–Crippen MR) is 112 cm³/mol. The van der Waals surface area contributed by atoms with E-state index in [1.54, 1.807) is 0 Å². The largest absolute Gasteiger partial charge is 0.377 e. The van der Waals surface area contributed by atoms with Gasteiger partial charge in [0.25, 0.3) is 0 Å². The molecule has 0 aromatic heterocycles. The van der Waals surface area contributed by atoms with Crippen molar-refractivity contribution < 1.29 is 9.53 Å². The third-order valence-electron chi connectivity index (χ3n) is 4.86. The molecule has 7 heteroatoms. The number of rotatable bonds is 4. The highest BCUT2D eigenvalue weighted by Gasteiger charge is 2.58. The Labute approximate surface area is 169 Å². The standard InChI is InChI=1S/C18H34N4O2.HI/c1-7-19-16(20-11-13(23)22-17(2,3)4)21-14-12-9-8-10-24-15(12)18(14,5)6;/h12,14-15H,7-11H2,1-6H3,(H,22,23)(H2,19,20,21);1H. The second-order valence-corrected chi connectivity index (χ2v) is 8.53. The molecule has 0 spiro atoms. The van der Waals surface area contributed by atoms with Crippen LogP contribution in [-0.2, 0) is 9.53 Å². The molecule has 0 radical (unpaired) electrons. The van der Waals surface area contributed by atoms with Crippen molar-refractivity contribution in [3.63, 3.8) is 0 Å². The summed E-state index contributed by atoms with van der Waals surface area (Å²) in [5, 5.41) is 9.73. The van der Waals surface area contributed by atoms with Gasteiger partial charge in [-0.15, -0.1) is 24.0 Å². The molecule has 1 amide bonds. The van der Waals surface area contributed by atoms with E-state index in [0.717, 1.165) is 19.6 Å². The molecule has 1 heterocycles. The van der Waals surface area contributed by atoms with Gasteiger partial charge in [0, 0.05) is 36.1 Å². The minimum Gasteiger partial charge on any atom is -0.377 e. The van der Waals surface area contributed by atoms with Crippen molar-refractivity contribution in [1.82, 2.24) is 16.0 Å². The number of carbonyl (C=O) groups is 1. The quantitative estimate of drug-likeness (QED) is 0.338. The summed E-state index contributed by atoms with van der Waals surface area (Å²) < 4.78 is 5.95. The number of amides is 1. The lowest BCUT2D eigenvalue weighted by Crippen LogP contribution is -2.71. The van der Waals surface area contributed by atoms with E-state index < -0.39 is 0 Å². The van der Waals surface area contributed by atoms with Crippen molar-refractivity contribution in [2.45, 2.75) is 72.1 Å². The highest BCUT2D eigenvalue weighted by molar-refractivity contribution is 14.0. The minimum absolute atomic E-state index is 0. The molecule has 1 aliphatic carbocycles. The molecule has 2 aliphatic rings. The normalized spacial score (nSPS) is 28.1. The fourth-order valence-corrected chi connectivity index (χ4v) is 3.89. The summed E-state index contributed by atoms with van der Waals surface area (Å²) in [6, 6.07) is 0.325. The van der Waals surface area contributed by atoms with E-state index in [4.69, 9.17) is 4.74 Å². The SMILES string of the molecule is CCNC(=NCC(=O)NC(C)(C)C)NC1C2CCCOC2C1(C)C.I. The molecule has 0 aromatic rings. The molecule has 3 N–H and O–H groups in total. The van der Waals surface area contributed by atoms with Gasteiger partial charge in [0.15, 0.2) is 5.96 Å². The minimum atomic E-state index is -0.235. The molecule has 3 atom stereocenters. The monoisotopic (exact) mass is 466 g/mol. The van der Waals surface area contributed by atoms with E-state index in [1.165, 1.54) is 6.42 Å². The summed E-state index contributed by atoms with van der Waals surface area (Å²) in [5.41, 5.74) is -0.157. The molecular weight excluding hydrogens is 431 g/mol. The fourth-order valence-electron chi connectivity index (χ4n) is 3.89. The van der Waals surface area contributed by atoms with Crippen LogP contribution >= 0.6 is 24.0 Å². The van der Waals surface area contributed by atoms with E-state index in [1.807, 2.05) is 27.7 Å². The summed E-state index contributed by atoms with van der Waals surface area (Å²) in [6.07, 6.45) is 2.64. The summed E-state index contributed by atoms with van der Waals surface area (Å²) in [7, 11) is 0. The molecule has 2 rings (SSSR count). The van der Waals surface area contributed by atoms with Crippen LogP contribution in [0, 0.1) is 11.3 Å². The topological polar surface area (TPSA) is 74.8 Å². The molecule has 6 nitrogen and oxygen atoms in total. The Bertz CT molecular complexity index is 488. The van der Waals surface area contributed by atoms with Crippen LogP contribution < -0.4 is 16.0 Å². The Morgan fingerprint density at radius 1 is 1.32 bits per heavy atom. The number of nitrogens with one attached hydrogen (secondary N) is 3. The number of nitrogens with zero attached hydrogens (tertiary/aromatic N) is 1. The molecule has 146 valence electrons. The van der Waals surface area contributed by atoms with Gasteiger partial charge in [-0.05, 0) is 40.5 Å². The van der Waals surface area contributed by atoms with Crippen LogP contribution in [0.1, 0.15) is 54.4 Å². The van der Waals surface area contributed by atoms with Crippen molar-refractivity contribution in [1.29, 1.82) is 0 Å². The lowest BCUT2D eigenvalue weighted by molar-refractivity contribution is -0.188. The first-order chi connectivity index (χ1) is 11.1. The number of halogens is 1. The fraction of sp³-hybridized carbons (Fsp3) is 0.889. The first-order valence-electron chi connectivity index (χ1n) is 9.12. The highest BCUT2D eigenvalue weighted by Crippen LogP contribution is 2.51. The summed E-state index contributed by atoms with van der Waals surface area (Å²) in [5.74, 6) is 1.18. The van der Waals surface area contributed by atoms with E-state index in [9.17, 15) is 4.79 Å². The summed E-state index contributed by atoms with van der Waals surface area (Å²) in [4.78, 5) is 16.5. The maximum atomic E-state index is 12.0. The van der Waals surface area contributed by atoms with Crippen LogP contribution in [0.2, 0.25) is 0 Å². The van der Waals surface area contributed by atoms with Crippen LogP contribution in [0.15, 0.2) is 4.99 Å². The van der Waals surface area contributed by atoms with Crippen LogP contribution in [0.3, 0.4) is 0 Å². The number of hydrogen-bond donors (Lipinski definition) is 3. The van der Waals surface area contributed by atoms with E-state index in [0.29, 0.717) is 24.0 Å². The number of carbonyl (C=O) groups excluding carboxylic acids is 1. The van der Waals surface area contributed by atoms with Gasteiger partial charge in [-0.2, -0.15) is 0 Å². The zero-order valence-electron chi connectivity index (χ0n) is 16.4. The van der Waals surface area contributed by atoms with Crippen molar-refractivity contribution in [3.8, 4) is 0 Å². The van der Waals surface area contributed by atoms with Crippen LogP contribution in [0.4, 0.5) is 0 Å². The predicted octanol–water partition coefficient (Wildman–Crippen LogP) is 2.28. The molecule has 0 aromatic carbocycles. The Hall–Kier alpha value is -0.570. The van der Waals surface area contributed by atoms with Crippen LogP contribution in [0.25, 0.3) is 0 Å². The van der Waals surface area contributed by atoms with Gasteiger partial charge in [-0.3, -0.25) is 4.79 Å². The van der Waals surface area contributed by atoms with Gasteiger partial charge in [0.2, 0.25) is 5.91 Å². The second-order valence-electron chi connectivity index (χ2n) is 8.53. The lowest BCUT2D eigenvalue weighted by Gasteiger charge is -2.60. The first-order valence-corrected chi connectivity index (χ1v) is 9.12. The summed E-state index contributed by atoms with van der Waals surface area (Å²) >= 11 is 0. The van der Waals surface area contributed by atoms with Crippen molar-refractivity contribution in [2.75, 3.05) is 19.7 Å². The number of aliphatic imine (C=N–C) groups is 1. The molecule has 1 saturated heterocycles. The smallest absolute Gasteiger partial charge is 0.242 e. The molecule has 2 fully saturated rings. The molecule has 0 bridgehead atoms. The van der Waals surface area contributed by atoms with Crippen molar-refractivity contribution in [3.05, 3.63) is 0 Å². The molecule has 3 unspecified atom stereocenters. The maximum absolute atomic E-state index is 12.0. The third kappa shape index (κ3) is 5.70. The maximum Gasteiger partial charge on any atom is 0.242 e. The van der Waals surface area contributed by atoms with Gasteiger partial charge in [0.1, 0.15) is 6.54 Å². The molecular formula is C18H35IN4O2. The van der Waals surface area contributed by atoms with E-state index in [-0.39, 0.29) is 47.4 Å². The average molecular weight is 466 g/mol. The Morgan fingerprint density at radius 2 is 2.00 bits per heavy atom. The van der Waals surface area contributed by atoms with Gasteiger partial charge >= 0.3 is 0 Å². The second kappa shape index (κ2) is 8.88. The zero-order chi connectivity index (χ0) is 18.0. The van der Waals surface area contributed by atoms with Gasteiger partial charge in [-0.25, -0.2) is 4.99 Å². The van der Waals surface area contributed by atoms with Gasteiger partial charge in [0.05, 0.1) is 6.10 Å². The number of hydrogen-bond acceptors (Lipinski definition) is 3. The van der Waals surface area contributed by atoms with Crippen LogP contribution in [-0.4, -0.2) is 49.2 Å². The van der Waals surface area contributed by atoms with Crippen molar-refractivity contribution in [2.24, 2.45) is 16.3 Å². The number of ether oxygens (including phenoxy) is 1. The highest BCUT2D eigenvalue weighted by atomic mass is 127. The first kappa shape index (κ1) is 22.5. The molecule has 1 saturated carbocycles. The lowest BCUT2D eigenvalue weighted by atomic mass is 9.55. The number of fused-ring (bicyclic) bond motifs is 1. The third-order valence-corrected chi connectivity index (χ3v) is 4.86. The Balaban J connectivity index is 0.00000312. The number of guanidine groups is 1. The zero-order valence-corrected chi connectivity index (χ0v) is 18.8. The molecule has 25 heavy (non-hydrogen) atoms. The Morgan fingerprint density at radius 3 is 2.60 bits per heavy atom. The van der Waals surface area contributed by atoms with Gasteiger partial charge < -0.3 is 20.7 Å². The van der Waals surface area contributed by atoms with Crippen LogP contribution in [0.5, 0.6) is 0 Å². The van der Waals surface area contributed by atoms with E-state index in [2.05, 4.69) is 34.8 Å². The van der Waals surface area contributed by atoms with E-state index >= 15 is 0 Å². The molecule has 1 aliphatic heterocycles. The van der Waals surface area contributed by atoms with Crippen molar-refractivity contribution >= 4 is 35.8 Å². The average Bonchev–Trinajstić information content (AvgIpc) is 2.48. The van der Waals surface area contributed by atoms with Gasteiger partial charge in [-0.1, -0.05) is 13.8 Å². The Kier molecular flexibility index (Phi) is 7.98. The summed E-state index contributed by atoms with van der Waals surface area (Å²) in [6.45, 7) is 14.2.